The monoisotopic (exact) mass is 386 g/mol. The summed E-state index contributed by atoms with van der Waals surface area (Å²) in [6, 6.07) is 18.6. The number of carbonyl (C=O) groups is 2. The smallest absolute Gasteiger partial charge is 0.200 e. The molecular weight excluding hydrogens is 371 g/mol. The highest BCUT2D eigenvalue weighted by molar-refractivity contribution is 6.33. The number of aromatic amines is 1. The molecule has 0 saturated heterocycles. The number of nitrogens with zero attached hydrogens (tertiary/aromatic N) is 1. The number of halogens is 1. The van der Waals surface area contributed by atoms with Crippen molar-refractivity contribution in [1.82, 2.24) is 9.97 Å². The molecule has 1 aromatic heterocycles. The van der Waals surface area contributed by atoms with Crippen LogP contribution in [0, 0.1) is 5.82 Å². The number of H-pyrrole nitrogens is 1. The van der Waals surface area contributed by atoms with Crippen molar-refractivity contribution in [2.45, 2.75) is 0 Å². The molecule has 0 atom stereocenters. The number of rotatable bonds is 5. The van der Waals surface area contributed by atoms with Crippen LogP contribution in [0.25, 0.3) is 22.4 Å². The number of hydrogen-bond acceptors (Lipinski definition) is 4. The molecular formula is C23H15FN2O3. The number of ketones is 1. The van der Waals surface area contributed by atoms with E-state index in [9.17, 15) is 19.1 Å². The molecule has 0 amide bonds. The minimum absolute atomic E-state index is 0.116. The summed E-state index contributed by atoms with van der Waals surface area (Å²) in [5.74, 6) is -1.36. The summed E-state index contributed by atoms with van der Waals surface area (Å²) >= 11 is 0. The zero-order valence-electron chi connectivity index (χ0n) is 15.1. The molecule has 1 heterocycles. The number of aliphatic hydroxyl groups is 1. The Morgan fingerprint density at radius 2 is 1.72 bits per heavy atom. The highest BCUT2D eigenvalue weighted by Crippen LogP contribution is 2.28. The second kappa shape index (κ2) is 7.52. The Morgan fingerprint density at radius 1 is 0.966 bits per heavy atom. The lowest BCUT2D eigenvalue weighted by Gasteiger charge is -2.09. The fourth-order valence-electron chi connectivity index (χ4n) is 3.08. The maximum absolute atomic E-state index is 13.7. The molecule has 5 nitrogen and oxygen atoms in total. The van der Waals surface area contributed by atoms with Gasteiger partial charge in [-0.2, -0.15) is 0 Å². The molecule has 0 radical (unpaired) electrons. The van der Waals surface area contributed by atoms with Gasteiger partial charge in [-0.15, -0.1) is 0 Å². The van der Waals surface area contributed by atoms with E-state index in [-0.39, 0.29) is 22.5 Å². The van der Waals surface area contributed by atoms with E-state index in [4.69, 9.17) is 0 Å². The van der Waals surface area contributed by atoms with Gasteiger partial charge < -0.3 is 10.1 Å². The van der Waals surface area contributed by atoms with Crippen molar-refractivity contribution in [3.8, 4) is 0 Å². The van der Waals surface area contributed by atoms with Gasteiger partial charge in [0.15, 0.2) is 0 Å². The first kappa shape index (κ1) is 18.3. The van der Waals surface area contributed by atoms with Crippen LogP contribution in [0.5, 0.6) is 0 Å². The minimum Gasteiger partial charge on any atom is -0.506 e. The Balaban J connectivity index is 1.94. The predicted octanol–water partition coefficient (Wildman–Crippen LogP) is 4.82. The summed E-state index contributed by atoms with van der Waals surface area (Å²) in [5, 5.41) is 10.9. The third kappa shape index (κ3) is 3.55. The Hall–Kier alpha value is -4.06. The highest BCUT2D eigenvalue weighted by atomic mass is 19.1. The molecule has 0 aliphatic rings. The van der Waals surface area contributed by atoms with Gasteiger partial charge in [0.25, 0.3) is 0 Å². The highest BCUT2D eigenvalue weighted by Gasteiger charge is 2.24. The van der Waals surface area contributed by atoms with Crippen LogP contribution >= 0.6 is 0 Å². The Kier molecular flexibility index (Phi) is 4.75. The molecule has 6 heteroatoms. The van der Waals surface area contributed by atoms with E-state index in [2.05, 4.69) is 9.97 Å². The Morgan fingerprint density at radius 3 is 2.48 bits per heavy atom. The minimum atomic E-state index is -0.548. The van der Waals surface area contributed by atoms with Crippen molar-refractivity contribution in [3.63, 3.8) is 0 Å². The SMILES string of the molecule is O=Cc1cccc(C(=O)/C(=C(\O)c2cccc(F)c2)c2nc3ccccc3[nH]2)c1. The number of para-hydroxylation sites is 2. The van der Waals surface area contributed by atoms with E-state index in [1.165, 1.54) is 30.3 Å². The van der Waals surface area contributed by atoms with E-state index in [1.807, 2.05) is 6.07 Å². The van der Waals surface area contributed by atoms with Gasteiger partial charge in [0.2, 0.25) is 5.78 Å². The number of fused-ring (bicyclic) bond motifs is 1. The summed E-state index contributed by atoms with van der Waals surface area (Å²) in [6.07, 6.45) is 0.633. The lowest BCUT2D eigenvalue weighted by Crippen LogP contribution is -2.08. The molecule has 0 unspecified atom stereocenters. The molecule has 0 fully saturated rings. The Bertz CT molecular complexity index is 1240. The number of carbonyl (C=O) groups excluding carboxylic acids is 2. The van der Waals surface area contributed by atoms with Crippen molar-refractivity contribution in [2.75, 3.05) is 0 Å². The molecule has 0 spiro atoms. The van der Waals surface area contributed by atoms with Crippen LogP contribution in [-0.4, -0.2) is 27.1 Å². The first-order valence-corrected chi connectivity index (χ1v) is 8.81. The van der Waals surface area contributed by atoms with Gasteiger partial charge in [-0.25, -0.2) is 9.37 Å². The number of benzene rings is 3. The molecule has 0 bridgehead atoms. The van der Waals surface area contributed by atoms with E-state index < -0.39 is 17.4 Å². The summed E-state index contributed by atoms with van der Waals surface area (Å²) in [7, 11) is 0. The molecule has 29 heavy (non-hydrogen) atoms. The van der Waals surface area contributed by atoms with Crippen LogP contribution in [0.1, 0.15) is 32.1 Å². The standard InChI is InChI=1S/C23H15FN2O3/c24-17-8-4-7-16(12-17)22(29)20(21(28)15-6-3-5-14(11-15)13-27)23-25-18-9-1-2-10-19(18)26-23/h1-13,29H,(H,25,26)/b22-20+. The topological polar surface area (TPSA) is 83.1 Å². The van der Waals surface area contributed by atoms with Gasteiger partial charge in [0.1, 0.15) is 29.3 Å². The normalized spacial score (nSPS) is 11.9. The van der Waals surface area contributed by atoms with Crippen molar-refractivity contribution < 1.29 is 19.1 Å². The second-order valence-electron chi connectivity index (χ2n) is 6.41. The third-order valence-electron chi connectivity index (χ3n) is 4.47. The lowest BCUT2D eigenvalue weighted by atomic mass is 9.97. The average molecular weight is 386 g/mol. The summed E-state index contributed by atoms with van der Waals surface area (Å²) in [5.41, 5.74) is 1.84. The van der Waals surface area contributed by atoms with Crippen molar-refractivity contribution >= 4 is 34.4 Å². The quantitative estimate of drug-likeness (QED) is 0.223. The number of Topliss-reactive ketones (excluding diaryl/α,β-unsaturated/α-hetero) is 1. The number of allylic oxidation sites excluding steroid dienone is 1. The van der Waals surface area contributed by atoms with Gasteiger partial charge >= 0.3 is 0 Å². The maximum atomic E-state index is 13.7. The average Bonchev–Trinajstić information content (AvgIpc) is 3.17. The van der Waals surface area contributed by atoms with Gasteiger partial charge in [-0.05, 0) is 30.3 Å². The number of aromatic nitrogens is 2. The van der Waals surface area contributed by atoms with Crippen molar-refractivity contribution in [3.05, 3.63) is 101 Å². The van der Waals surface area contributed by atoms with Gasteiger partial charge in [0.05, 0.1) is 11.0 Å². The van der Waals surface area contributed by atoms with Gasteiger partial charge in [-0.3, -0.25) is 9.59 Å². The van der Waals surface area contributed by atoms with E-state index >= 15 is 0 Å². The molecule has 0 aliphatic carbocycles. The van der Waals surface area contributed by atoms with Crippen LogP contribution in [-0.2, 0) is 0 Å². The largest absolute Gasteiger partial charge is 0.506 e. The zero-order chi connectivity index (χ0) is 20.4. The van der Waals surface area contributed by atoms with Crippen molar-refractivity contribution in [1.29, 1.82) is 0 Å². The molecule has 4 rings (SSSR count). The molecule has 4 aromatic rings. The molecule has 142 valence electrons. The van der Waals surface area contributed by atoms with E-state index in [1.54, 1.807) is 30.3 Å². The molecule has 2 N–H and O–H groups in total. The summed E-state index contributed by atoms with van der Waals surface area (Å²) in [4.78, 5) is 31.8. The summed E-state index contributed by atoms with van der Waals surface area (Å²) < 4.78 is 13.7. The van der Waals surface area contributed by atoms with Gasteiger partial charge in [-0.1, -0.05) is 42.5 Å². The second-order valence-corrected chi connectivity index (χ2v) is 6.41. The first-order valence-electron chi connectivity index (χ1n) is 8.81. The van der Waals surface area contributed by atoms with Crippen LogP contribution in [0.3, 0.4) is 0 Å². The number of aldehydes is 1. The van der Waals surface area contributed by atoms with Crippen LogP contribution in [0.15, 0.2) is 72.8 Å². The predicted molar refractivity (Wildman–Crippen MR) is 108 cm³/mol. The molecule has 0 saturated carbocycles. The third-order valence-corrected chi connectivity index (χ3v) is 4.47. The van der Waals surface area contributed by atoms with Crippen LogP contribution in [0.2, 0.25) is 0 Å². The fraction of sp³-hybridized carbons (Fsp3) is 0. The summed E-state index contributed by atoms with van der Waals surface area (Å²) in [6.45, 7) is 0. The fourth-order valence-corrected chi connectivity index (χ4v) is 3.08. The number of aliphatic hydroxyl groups excluding tert-OH is 1. The number of nitrogens with one attached hydrogen (secondary N) is 1. The molecule has 0 aliphatic heterocycles. The van der Waals surface area contributed by atoms with Gasteiger partial charge in [0, 0.05) is 16.7 Å². The molecule has 3 aromatic carbocycles. The first-order chi connectivity index (χ1) is 14.1. The van der Waals surface area contributed by atoms with E-state index in [0.717, 1.165) is 6.07 Å². The number of hydrogen-bond donors (Lipinski definition) is 2. The van der Waals surface area contributed by atoms with Crippen molar-refractivity contribution in [2.24, 2.45) is 0 Å². The zero-order valence-corrected chi connectivity index (χ0v) is 15.1. The Labute approximate surface area is 165 Å². The maximum Gasteiger partial charge on any atom is 0.200 e. The lowest BCUT2D eigenvalue weighted by molar-refractivity contribution is 0.105. The van der Waals surface area contributed by atoms with Crippen LogP contribution < -0.4 is 0 Å². The number of imidazole rings is 1. The van der Waals surface area contributed by atoms with E-state index in [0.29, 0.717) is 22.9 Å². The van der Waals surface area contributed by atoms with Crippen LogP contribution in [0.4, 0.5) is 4.39 Å².